The first-order chi connectivity index (χ1) is 9.99. The van der Waals surface area contributed by atoms with Crippen LogP contribution in [0.1, 0.15) is 10.4 Å². The molecule has 114 valence electrons. The van der Waals surface area contributed by atoms with E-state index in [1.54, 1.807) is 20.2 Å². The van der Waals surface area contributed by atoms with E-state index in [1.807, 2.05) is 4.90 Å². The Labute approximate surface area is 122 Å². The summed E-state index contributed by atoms with van der Waals surface area (Å²) in [6.07, 6.45) is 0. The molecule has 0 saturated carbocycles. The molecule has 21 heavy (non-hydrogen) atoms. The van der Waals surface area contributed by atoms with E-state index in [0.29, 0.717) is 37.6 Å². The molecule has 0 radical (unpaired) electrons. The SMILES string of the molecule is CN(C)NC(=O)c1cc([N+](=O)[O-])ccc1N1CCOCC1. The lowest BCUT2D eigenvalue weighted by atomic mass is 10.1. The molecule has 1 heterocycles. The number of carbonyl (C=O) groups excluding carboxylic acids is 1. The first kappa shape index (κ1) is 15.2. The van der Waals surface area contributed by atoms with Crippen LogP contribution < -0.4 is 10.3 Å². The van der Waals surface area contributed by atoms with Crippen molar-refractivity contribution < 1.29 is 14.5 Å². The molecule has 1 aromatic rings. The molecule has 0 atom stereocenters. The van der Waals surface area contributed by atoms with Gasteiger partial charge in [-0.25, -0.2) is 5.01 Å². The van der Waals surface area contributed by atoms with Crippen molar-refractivity contribution in [3.05, 3.63) is 33.9 Å². The van der Waals surface area contributed by atoms with Crippen molar-refractivity contribution in [3.63, 3.8) is 0 Å². The fraction of sp³-hybridized carbons (Fsp3) is 0.462. The number of hydrogen-bond donors (Lipinski definition) is 1. The molecule has 8 heteroatoms. The number of amides is 1. The second kappa shape index (κ2) is 6.51. The molecule has 0 unspecified atom stereocenters. The van der Waals surface area contributed by atoms with Gasteiger partial charge in [-0.1, -0.05) is 0 Å². The molecule has 8 nitrogen and oxygen atoms in total. The maximum absolute atomic E-state index is 12.3. The monoisotopic (exact) mass is 294 g/mol. The normalized spacial score (nSPS) is 15.1. The van der Waals surface area contributed by atoms with Gasteiger partial charge in [-0.2, -0.15) is 0 Å². The molecule has 1 aromatic carbocycles. The molecule has 0 aromatic heterocycles. The van der Waals surface area contributed by atoms with Crippen LogP contribution in [0.2, 0.25) is 0 Å². The minimum Gasteiger partial charge on any atom is -0.378 e. The number of nitrogens with one attached hydrogen (secondary N) is 1. The molecule has 1 amide bonds. The predicted molar refractivity (Wildman–Crippen MR) is 77.3 cm³/mol. The van der Waals surface area contributed by atoms with E-state index in [4.69, 9.17) is 4.74 Å². The van der Waals surface area contributed by atoms with Crippen molar-refractivity contribution in [3.8, 4) is 0 Å². The second-order valence-electron chi connectivity index (χ2n) is 4.89. The van der Waals surface area contributed by atoms with Crippen LogP contribution in [-0.4, -0.2) is 56.2 Å². The number of hydrogen-bond acceptors (Lipinski definition) is 6. The lowest BCUT2D eigenvalue weighted by Gasteiger charge is -2.30. The van der Waals surface area contributed by atoms with Crippen LogP contribution in [-0.2, 0) is 4.74 Å². The fourth-order valence-electron chi connectivity index (χ4n) is 2.16. The zero-order valence-electron chi connectivity index (χ0n) is 12.0. The summed E-state index contributed by atoms with van der Waals surface area (Å²) < 4.78 is 5.29. The average molecular weight is 294 g/mol. The predicted octanol–water partition coefficient (Wildman–Crippen LogP) is 0.638. The minimum absolute atomic E-state index is 0.101. The molecule has 0 spiro atoms. The van der Waals surface area contributed by atoms with Crippen molar-refractivity contribution in [2.24, 2.45) is 0 Å². The number of rotatable bonds is 4. The van der Waals surface area contributed by atoms with Crippen molar-refractivity contribution >= 4 is 17.3 Å². The van der Waals surface area contributed by atoms with Crippen LogP contribution in [0.25, 0.3) is 0 Å². The molecule has 1 fully saturated rings. The molecular formula is C13H18N4O4. The third kappa shape index (κ3) is 3.67. The van der Waals surface area contributed by atoms with Crippen molar-refractivity contribution in [1.82, 2.24) is 10.4 Å². The van der Waals surface area contributed by atoms with Crippen LogP contribution in [0.3, 0.4) is 0 Å². The molecule has 0 aliphatic carbocycles. The van der Waals surface area contributed by atoms with Gasteiger partial charge in [0.15, 0.2) is 0 Å². The number of anilines is 1. The first-order valence-electron chi connectivity index (χ1n) is 6.58. The van der Waals surface area contributed by atoms with E-state index in [9.17, 15) is 14.9 Å². The average Bonchev–Trinajstić information content (AvgIpc) is 2.46. The molecule has 0 bridgehead atoms. The number of carbonyl (C=O) groups is 1. The van der Waals surface area contributed by atoms with Gasteiger partial charge in [0.1, 0.15) is 0 Å². The molecule has 1 saturated heterocycles. The summed E-state index contributed by atoms with van der Waals surface area (Å²) in [7, 11) is 3.37. The van der Waals surface area contributed by atoms with E-state index in [1.165, 1.54) is 17.1 Å². The Morgan fingerprint density at radius 1 is 1.38 bits per heavy atom. The van der Waals surface area contributed by atoms with Gasteiger partial charge in [0, 0.05) is 39.3 Å². The number of morpholine rings is 1. The van der Waals surface area contributed by atoms with Gasteiger partial charge in [-0.05, 0) is 6.07 Å². The van der Waals surface area contributed by atoms with Crippen LogP contribution in [0.5, 0.6) is 0 Å². The Morgan fingerprint density at radius 3 is 2.62 bits per heavy atom. The van der Waals surface area contributed by atoms with Crippen molar-refractivity contribution in [1.29, 1.82) is 0 Å². The van der Waals surface area contributed by atoms with Crippen LogP contribution in [0, 0.1) is 10.1 Å². The summed E-state index contributed by atoms with van der Waals surface area (Å²) in [6, 6.07) is 4.34. The lowest BCUT2D eigenvalue weighted by Crippen LogP contribution is -2.40. The van der Waals surface area contributed by atoms with Crippen molar-refractivity contribution in [2.45, 2.75) is 0 Å². The van der Waals surface area contributed by atoms with Gasteiger partial charge >= 0.3 is 0 Å². The number of benzene rings is 1. The summed E-state index contributed by atoms with van der Waals surface area (Å²) >= 11 is 0. The molecular weight excluding hydrogens is 276 g/mol. The third-order valence-electron chi connectivity index (χ3n) is 3.11. The van der Waals surface area contributed by atoms with Gasteiger partial charge in [-0.15, -0.1) is 0 Å². The highest BCUT2D eigenvalue weighted by Gasteiger charge is 2.22. The maximum atomic E-state index is 12.3. The summed E-state index contributed by atoms with van der Waals surface area (Å²) in [5.41, 5.74) is 3.49. The number of ether oxygens (including phenoxy) is 1. The number of hydrazine groups is 1. The topological polar surface area (TPSA) is 88.0 Å². The van der Waals surface area contributed by atoms with Gasteiger partial charge < -0.3 is 9.64 Å². The lowest BCUT2D eigenvalue weighted by molar-refractivity contribution is -0.384. The minimum atomic E-state index is -0.504. The Hall–Kier alpha value is -2.19. The highest BCUT2D eigenvalue weighted by molar-refractivity contribution is 6.00. The van der Waals surface area contributed by atoms with Crippen LogP contribution in [0.15, 0.2) is 18.2 Å². The molecule has 1 aliphatic heterocycles. The quantitative estimate of drug-likeness (QED) is 0.647. The van der Waals surface area contributed by atoms with Gasteiger partial charge in [0.25, 0.3) is 11.6 Å². The zero-order chi connectivity index (χ0) is 15.4. The smallest absolute Gasteiger partial charge is 0.270 e. The number of nitro groups is 1. The third-order valence-corrected chi connectivity index (χ3v) is 3.11. The van der Waals surface area contributed by atoms with Gasteiger partial charge in [0.2, 0.25) is 0 Å². The second-order valence-corrected chi connectivity index (χ2v) is 4.89. The Balaban J connectivity index is 2.37. The highest BCUT2D eigenvalue weighted by Crippen LogP contribution is 2.26. The Morgan fingerprint density at radius 2 is 2.05 bits per heavy atom. The van der Waals surface area contributed by atoms with Crippen LogP contribution >= 0.6 is 0 Å². The standard InChI is InChI=1S/C13H18N4O4/c1-15(2)14-13(18)11-9-10(17(19)20)3-4-12(11)16-5-7-21-8-6-16/h3-4,9H,5-8H2,1-2H3,(H,14,18). The molecule has 1 N–H and O–H groups in total. The molecule has 2 rings (SSSR count). The van der Waals surface area contributed by atoms with E-state index >= 15 is 0 Å². The number of nitro benzene ring substituents is 1. The van der Waals surface area contributed by atoms with Crippen molar-refractivity contribution in [2.75, 3.05) is 45.3 Å². The van der Waals surface area contributed by atoms with E-state index in [2.05, 4.69) is 5.43 Å². The van der Waals surface area contributed by atoms with E-state index in [-0.39, 0.29) is 11.6 Å². The van der Waals surface area contributed by atoms with E-state index in [0.717, 1.165) is 0 Å². The Bertz CT molecular complexity index is 541. The van der Waals surface area contributed by atoms with Gasteiger partial charge in [0.05, 0.1) is 29.4 Å². The Kier molecular flexibility index (Phi) is 4.71. The number of nitrogens with zero attached hydrogens (tertiary/aromatic N) is 3. The summed E-state index contributed by atoms with van der Waals surface area (Å²) in [5.74, 6) is -0.370. The van der Waals surface area contributed by atoms with Gasteiger partial charge in [-0.3, -0.25) is 20.3 Å². The summed E-state index contributed by atoms with van der Waals surface area (Å²) in [6.45, 7) is 2.46. The highest BCUT2D eigenvalue weighted by atomic mass is 16.6. The maximum Gasteiger partial charge on any atom is 0.270 e. The number of non-ortho nitro benzene ring substituents is 1. The molecule has 1 aliphatic rings. The largest absolute Gasteiger partial charge is 0.378 e. The fourth-order valence-corrected chi connectivity index (χ4v) is 2.16. The van der Waals surface area contributed by atoms with Crippen LogP contribution in [0.4, 0.5) is 11.4 Å². The summed E-state index contributed by atoms with van der Waals surface area (Å²) in [4.78, 5) is 24.7. The first-order valence-corrected chi connectivity index (χ1v) is 6.58. The van der Waals surface area contributed by atoms with E-state index < -0.39 is 4.92 Å². The zero-order valence-corrected chi connectivity index (χ0v) is 12.0. The summed E-state index contributed by atoms with van der Waals surface area (Å²) in [5, 5.41) is 12.4.